The largest absolute Gasteiger partial charge is 0.378 e. The molecule has 1 aliphatic heterocycles. The highest BCUT2D eigenvalue weighted by Gasteiger charge is 2.11. The van der Waals surface area contributed by atoms with E-state index in [9.17, 15) is 13.6 Å². The molecule has 0 bridgehead atoms. The Kier molecular flexibility index (Phi) is 5.01. The van der Waals surface area contributed by atoms with Gasteiger partial charge in [0.1, 0.15) is 11.6 Å². The molecule has 3 rings (SSSR count). The Balaban J connectivity index is 1.69. The third kappa shape index (κ3) is 3.86. The average Bonchev–Trinajstić information content (AvgIpc) is 2.62. The molecule has 0 saturated carbocycles. The maximum absolute atomic E-state index is 13.5. The molecule has 0 aliphatic carbocycles. The van der Waals surface area contributed by atoms with Crippen molar-refractivity contribution in [3.8, 4) is 0 Å². The first-order valence-electron chi connectivity index (χ1n) is 7.74. The minimum atomic E-state index is -0.693. The van der Waals surface area contributed by atoms with Gasteiger partial charge in [-0.05, 0) is 48.6 Å². The fourth-order valence-corrected chi connectivity index (χ4v) is 2.56. The second kappa shape index (κ2) is 7.36. The summed E-state index contributed by atoms with van der Waals surface area (Å²) < 4.78 is 31.7. The summed E-state index contributed by atoms with van der Waals surface area (Å²) in [6, 6.07) is 10.5. The molecule has 5 heteroatoms. The summed E-state index contributed by atoms with van der Waals surface area (Å²) in [4.78, 5) is 14.4. The van der Waals surface area contributed by atoms with Crippen LogP contribution >= 0.6 is 0 Å². The van der Waals surface area contributed by atoms with Crippen molar-refractivity contribution in [2.75, 3.05) is 31.2 Å². The fourth-order valence-electron chi connectivity index (χ4n) is 2.56. The van der Waals surface area contributed by atoms with E-state index in [0.29, 0.717) is 18.8 Å². The molecule has 1 saturated heterocycles. The summed E-state index contributed by atoms with van der Waals surface area (Å²) >= 11 is 0. The predicted octanol–water partition coefficient (Wildman–Crippen LogP) is 3.70. The Morgan fingerprint density at radius 1 is 1.04 bits per heavy atom. The lowest BCUT2D eigenvalue weighted by atomic mass is 10.1. The van der Waals surface area contributed by atoms with Gasteiger partial charge in [0.05, 0.1) is 13.2 Å². The molecule has 2 aromatic carbocycles. The summed E-state index contributed by atoms with van der Waals surface area (Å²) in [5.41, 5.74) is 1.74. The van der Waals surface area contributed by atoms with E-state index in [4.69, 9.17) is 4.74 Å². The van der Waals surface area contributed by atoms with E-state index < -0.39 is 11.6 Å². The Labute approximate surface area is 139 Å². The van der Waals surface area contributed by atoms with E-state index >= 15 is 0 Å². The van der Waals surface area contributed by atoms with Gasteiger partial charge in [-0.3, -0.25) is 4.79 Å². The molecule has 1 aliphatic rings. The summed E-state index contributed by atoms with van der Waals surface area (Å²) in [5.74, 6) is -1.57. The van der Waals surface area contributed by atoms with Crippen LogP contribution in [0.3, 0.4) is 0 Å². The van der Waals surface area contributed by atoms with Gasteiger partial charge in [-0.1, -0.05) is 0 Å². The van der Waals surface area contributed by atoms with E-state index in [0.717, 1.165) is 30.9 Å². The maximum Gasteiger partial charge on any atom is 0.185 e. The van der Waals surface area contributed by atoms with Gasteiger partial charge in [-0.25, -0.2) is 8.78 Å². The van der Waals surface area contributed by atoms with Crippen LogP contribution in [0.4, 0.5) is 14.5 Å². The van der Waals surface area contributed by atoms with Crippen LogP contribution in [0.2, 0.25) is 0 Å². The van der Waals surface area contributed by atoms with Crippen LogP contribution in [0.15, 0.2) is 48.5 Å². The molecule has 3 nitrogen and oxygen atoms in total. The molecule has 0 radical (unpaired) electrons. The van der Waals surface area contributed by atoms with Crippen molar-refractivity contribution in [1.29, 1.82) is 0 Å². The number of nitrogens with zero attached hydrogens (tertiary/aromatic N) is 1. The highest BCUT2D eigenvalue weighted by Crippen LogP contribution is 2.18. The highest BCUT2D eigenvalue weighted by atomic mass is 19.1. The zero-order chi connectivity index (χ0) is 16.9. The third-order valence-electron chi connectivity index (χ3n) is 3.90. The van der Waals surface area contributed by atoms with Crippen molar-refractivity contribution in [2.45, 2.75) is 0 Å². The smallest absolute Gasteiger partial charge is 0.185 e. The number of rotatable bonds is 4. The van der Waals surface area contributed by atoms with E-state index in [2.05, 4.69) is 4.90 Å². The van der Waals surface area contributed by atoms with Crippen LogP contribution in [-0.4, -0.2) is 32.1 Å². The van der Waals surface area contributed by atoms with Gasteiger partial charge in [-0.15, -0.1) is 0 Å². The normalized spacial score (nSPS) is 15.0. The molecule has 1 heterocycles. The molecular weight excluding hydrogens is 312 g/mol. The molecule has 0 N–H and O–H groups in total. The van der Waals surface area contributed by atoms with Crippen molar-refractivity contribution in [1.82, 2.24) is 0 Å². The molecule has 0 atom stereocenters. The minimum absolute atomic E-state index is 0.176. The van der Waals surface area contributed by atoms with E-state index in [1.807, 2.05) is 12.1 Å². The van der Waals surface area contributed by atoms with Crippen molar-refractivity contribution in [3.05, 3.63) is 71.3 Å². The molecule has 1 fully saturated rings. The lowest BCUT2D eigenvalue weighted by molar-refractivity contribution is 0.104. The van der Waals surface area contributed by atoms with Gasteiger partial charge in [0, 0.05) is 36.0 Å². The van der Waals surface area contributed by atoms with Gasteiger partial charge in [0.25, 0.3) is 0 Å². The number of benzene rings is 2. The molecule has 124 valence electrons. The van der Waals surface area contributed by atoms with Gasteiger partial charge in [-0.2, -0.15) is 0 Å². The number of ether oxygens (including phenoxy) is 1. The monoisotopic (exact) mass is 329 g/mol. The first-order chi connectivity index (χ1) is 11.6. The summed E-state index contributed by atoms with van der Waals surface area (Å²) in [6.07, 6.45) is 2.65. The average molecular weight is 329 g/mol. The van der Waals surface area contributed by atoms with Gasteiger partial charge < -0.3 is 9.64 Å². The van der Waals surface area contributed by atoms with Crippen LogP contribution in [0.25, 0.3) is 6.08 Å². The second-order valence-corrected chi connectivity index (χ2v) is 5.51. The van der Waals surface area contributed by atoms with Crippen LogP contribution in [0.1, 0.15) is 15.9 Å². The molecule has 2 aromatic rings. The lowest BCUT2D eigenvalue weighted by Gasteiger charge is -2.28. The fraction of sp³-hybridized carbons (Fsp3) is 0.211. The zero-order valence-corrected chi connectivity index (χ0v) is 13.0. The minimum Gasteiger partial charge on any atom is -0.378 e. The summed E-state index contributed by atoms with van der Waals surface area (Å²) in [6.45, 7) is 3.06. The van der Waals surface area contributed by atoms with Gasteiger partial charge >= 0.3 is 0 Å². The second-order valence-electron chi connectivity index (χ2n) is 5.51. The maximum atomic E-state index is 13.5. The number of carbonyl (C=O) groups is 1. The number of carbonyl (C=O) groups excluding carboxylic acids is 1. The quantitative estimate of drug-likeness (QED) is 0.633. The van der Waals surface area contributed by atoms with Gasteiger partial charge in [0.15, 0.2) is 5.78 Å². The molecule has 0 spiro atoms. The van der Waals surface area contributed by atoms with Crippen molar-refractivity contribution in [2.24, 2.45) is 0 Å². The van der Waals surface area contributed by atoms with Crippen LogP contribution in [0, 0.1) is 11.6 Å². The van der Waals surface area contributed by atoms with Crippen LogP contribution < -0.4 is 4.90 Å². The first-order valence-corrected chi connectivity index (χ1v) is 7.74. The summed E-state index contributed by atoms with van der Waals surface area (Å²) in [5, 5.41) is 0. The predicted molar refractivity (Wildman–Crippen MR) is 89.2 cm³/mol. The Morgan fingerprint density at radius 2 is 1.75 bits per heavy atom. The number of hydrogen-bond acceptors (Lipinski definition) is 3. The van der Waals surface area contributed by atoms with Gasteiger partial charge in [0.2, 0.25) is 0 Å². The molecule has 24 heavy (non-hydrogen) atoms. The van der Waals surface area contributed by atoms with E-state index in [-0.39, 0.29) is 11.3 Å². The zero-order valence-electron chi connectivity index (χ0n) is 13.0. The van der Waals surface area contributed by atoms with Crippen molar-refractivity contribution < 1.29 is 18.3 Å². The number of halogens is 2. The summed E-state index contributed by atoms with van der Waals surface area (Å²) in [7, 11) is 0. The van der Waals surface area contributed by atoms with Crippen molar-refractivity contribution in [3.63, 3.8) is 0 Å². The van der Waals surface area contributed by atoms with Crippen LogP contribution in [-0.2, 0) is 4.74 Å². The molecule has 0 unspecified atom stereocenters. The topological polar surface area (TPSA) is 29.5 Å². The molecule has 0 amide bonds. The highest BCUT2D eigenvalue weighted by molar-refractivity contribution is 6.07. The number of allylic oxidation sites excluding steroid dienone is 1. The molecule has 0 aromatic heterocycles. The Morgan fingerprint density at radius 3 is 2.42 bits per heavy atom. The van der Waals surface area contributed by atoms with Crippen molar-refractivity contribution >= 4 is 17.5 Å². The Hall–Kier alpha value is -2.53. The number of ketones is 1. The van der Waals surface area contributed by atoms with Crippen LogP contribution in [0.5, 0.6) is 0 Å². The Bertz CT molecular complexity index is 750. The number of morpholine rings is 1. The molecular formula is C19H17F2NO2. The SMILES string of the molecule is O=C(/C=C/c1ccc(F)cc1F)c1ccc(N2CCOCC2)cc1. The number of hydrogen-bond donors (Lipinski definition) is 0. The first kappa shape index (κ1) is 16.3. The van der Waals surface area contributed by atoms with E-state index in [1.54, 1.807) is 12.1 Å². The number of anilines is 1. The standard InChI is InChI=1S/C19H17F2NO2/c20-16-5-1-14(18(21)13-16)4-8-19(23)15-2-6-17(7-3-15)22-9-11-24-12-10-22/h1-8,13H,9-12H2/b8-4+. The van der Waals surface area contributed by atoms with E-state index in [1.165, 1.54) is 18.2 Å². The lowest BCUT2D eigenvalue weighted by Crippen LogP contribution is -2.36. The third-order valence-corrected chi connectivity index (χ3v) is 3.90.